The molecule has 4 nitrogen and oxygen atoms in total. The minimum Gasteiger partial charge on any atom is -0.329 e. The zero-order valence-electron chi connectivity index (χ0n) is 9.47. The molecular formula is C9H24N4S3. The normalized spacial score (nSPS) is 17.1. The molecule has 0 rings (SSSR count). The van der Waals surface area contributed by atoms with Gasteiger partial charge in [0.2, 0.25) is 0 Å². The summed E-state index contributed by atoms with van der Waals surface area (Å²) in [4.78, 5) is 0. The molecule has 0 aromatic rings. The third kappa shape index (κ3) is 8.05. The molecule has 7 heteroatoms. The Bertz CT molecular complexity index is 158. The van der Waals surface area contributed by atoms with Crippen molar-refractivity contribution >= 4 is 37.9 Å². The first-order valence-electron chi connectivity index (χ1n) is 5.42. The Balaban J connectivity index is 3.73. The van der Waals surface area contributed by atoms with Crippen LogP contribution in [0.5, 0.6) is 0 Å². The van der Waals surface area contributed by atoms with Gasteiger partial charge in [-0.15, -0.1) is 0 Å². The highest BCUT2D eigenvalue weighted by molar-refractivity contribution is 7.80. The molecule has 0 saturated heterocycles. The molecule has 0 amide bonds. The Kier molecular flexibility index (Phi) is 11.6. The first kappa shape index (κ1) is 16.9. The second-order valence-electron chi connectivity index (χ2n) is 3.75. The van der Waals surface area contributed by atoms with Crippen LogP contribution in [-0.4, -0.2) is 55.0 Å². The van der Waals surface area contributed by atoms with Gasteiger partial charge >= 0.3 is 0 Å². The minimum absolute atomic E-state index is 0.0842. The molecule has 0 unspecified atom stereocenters. The van der Waals surface area contributed by atoms with Crippen LogP contribution in [0.15, 0.2) is 0 Å². The number of hydrogen-bond acceptors (Lipinski definition) is 7. The van der Waals surface area contributed by atoms with Crippen LogP contribution in [0.4, 0.5) is 0 Å². The van der Waals surface area contributed by atoms with Gasteiger partial charge in [0, 0.05) is 55.0 Å². The van der Waals surface area contributed by atoms with E-state index >= 15 is 0 Å². The summed E-state index contributed by atoms with van der Waals surface area (Å²) in [5.41, 5.74) is 11.3. The highest BCUT2D eigenvalue weighted by atomic mass is 32.1. The first-order chi connectivity index (χ1) is 7.67. The highest BCUT2D eigenvalue weighted by Gasteiger charge is 2.10. The molecule has 0 aliphatic rings. The zero-order valence-corrected chi connectivity index (χ0v) is 12.2. The maximum absolute atomic E-state index is 5.77. The van der Waals surface area contributed by atoms with Crippen molar-refractivity contribution in [2.24, 2.45) is 11.5 Å². The molecule has 0 saturated carbocycles. The molecule has 0 fully saturated rings. The van der Waals surface area contributed by atoms with Crippen LogP contribution in [0.2, 0.25) is 0 Å². The Morgan fingerprint density at radius 1 is 0.875 bits per heavy atom. The van der Waals surface area contributed by atoms with Crippen molar-refractivity contribution in [3.63, 3.8) is 0 Å². The van der Waals surface area contributed by atoms with Crippen LogP contribution in [0.3, 0.4) is 0 Å². The number of thiol groups is 3. The lowest BCUT2D eigenvalue weighted by Crippen LogP contribution is -2.49. The molecule has 0 aliphatic carbocycles. The predicted octanol–water partition coefficient (Wildman–Crippen LogP) is -1.02. The molecule has 0 aliphatic heterocycles. The second-order valence-corrected chi connectivity index (χ2v) is 4.85. The van der Waals surface area contributed by atoms with Gasteiger partial charge in [-0.2, -0.15) is 37.9 Å². The summed E-state index contributed by atoms with van der Waals surface area (Å²) in [7, 11) is 0. The molecule has 0 heterocycles. The van der Waals surface area contributed by atoms with E-state index in [9.17, 15) is 0 Å². The molecule has 0 spiro atoms. The fraction of sp³-hybridized carbons (Fsp3) is 1.00. The van der Waals surface area contributed by atoms with Gasteiger partial charge in [-0.3, -0.25) is 0 Å². The van der Waals surface area contributed by atoms with E-state index in [4.69, 9.17) is 11.5 Å². The SMILES string of the molecule is NC[C@@H](CS)NC[C@@H](CS)NC[C@H](N)CS. The summed E-state index contributed by atoms with van der Waals surface area (Å²) in [5.74, 6) is 2.18. The summed E-state index contributed by atoms with van der Waals surface area (Å²) in [6, 6.07) is 0.634. The minimum atomic E-state index is 0.0842. The van der Waals surface area contributed by atoms with Crippen LogP contribution < -0.4 is 22.1 Å². The third-order valence-corrected chi connectivity index (χ3v) is 3.63. The van der Waals surface area contributed by atoms with Gasteiger partial charge in [0.15, 0.2) is 0 Å². The van der Waals surface area contributed by atoms with Crippen LogP contribution in [0.1, 0.15) is 0 Å². The topological polar surface area (TPSA) is 76.1 Å². The Morgan fingerprint density at radius 2 is 1.44 bits per heavy atom. The fourth-order valence-electron chi connectivity index (χ4n) is 1.12. The van der Waals surface area contributed by atoms with Crippen molar-refractivity contribution in [2.75, 3.05) is 36.9 Å². The van der Waals surface area contributed by atoms with Gasteiger partial charge in [0.05, 0.1) is 0 Å². The van der Waals surface area contributed by atoms with Crippen LogP contribution in [0, 0.1) is 0 Å². The number of hydrogen-bond donors (Lipinski definition) is 7. The molecule has 0 aromatic heterocycles. The Hall–Kier alpha value is 0.890. The van der Waals surface area contributed by atoms with Crippen molar-refractivity contribution in [1.29, 1.82) is 0 Å². The maximum Gasteiger partial charge on any atom is 0.0281 e. The number of nitrogens with two attached hydrogens (primary N) is 2. The molecule has 0 radical (unpaired) electrons. The lowest BCUT2D eigenvalue weighted by atomic mass is 10.2. The van der Waals surface area contributed by atoms with Gasteiger partial charge in [0.1, 0.15) is 0 Å². The third-order valence-electron chi connectivity index (χ3n) is 2.28. The van der Waals surface area contributed by atoms with Crippen molar-refractivity contribution in [2.45, 2.75) is 18.1 Å². The molecule has 6 N–H and O–H groups in total. The largest absolute Gasteiger partial charge is 0.329 e. The Labute approximate surface area is 115 Å². The van der Waals surface area contributed by atoms with Crippen molar-refractivity contribution in [3.05, 3.63) is 0 Å². The van der Waals surface area contributed by atoms with Crippen LogP contribution in [0.25, 0.3) is 0 Å². The van der Waals surface area contributed by atoms with Crippen molar-refractivity contribution in [1.82, 2.24) is 10.6 Å². The number of nitrogens with one attached hydrogen (secondary N) is 2. The van der Waals surface area contributed by atoms with Gasteiger partial charge < -0.3 is 22.1 Å². The van der Waals surface area contributed by atoms with E-state index in [1.54, 1.807) is 0 Å². The fourth-order valence-corrected chi connectivity index (χ4v) is 1.78. The molecule has 0 bridgehead atoms. The molecular weight excluding hydrogens is 260 g/mol. The van der Waals surface area contributed by atoms with Crippen molar-refractivity contribution < 1.29 is 0 Å². The van der Waals surface area contributed by atoms with Gasteiger partial charge in [-0.1, -0.05) is 0 Å². The average molecular weight is 285 g/mol. The summed E-state index contributed by atoms with van der Waals surface area (Å²) >= 11 is 12.6. The summed E-state index contributed by atoms with van der Waals surface area (Å²) in [6.45, 7) is 2.18. The van der Waals surface area contributed by atoms with E-state index in [2.05, 4.69) is 48.5 Å². The average Bonchev–Trinajstić information content (AvgIpc) is 2.33. The monoisotopic (exact) mass is 284 g/mol. The molecule has 98 valence electrons. The van der Waals surface area contributed by atoms with E-state index in [1.807, 2.05) is 0 Å². The zero-order chi connectivity index (χ0) is 12.4. The standard InChI is InChI=1S/C9H24N4S3/c10-1-8(5-15)13-3-9(6-16)12-2-7(11)4-14/h7-9,12-16H,1-6,10-11H2/t7-,8-,9-/m0/s1. The summed E-state index contributed by atoms with van der Waals surface area (Å²) < 4.78 is 0. The van der Waals surface area contributed by atoms with E-state index < -0.39 is 0 Å². The summed E-state index contributed by atoms with van der Waals surface area (Å²) in [5, 5.41) is 6.68. The molecule has 3 atom stereocenters. The van der Waals surface area contributed by atoms with Crippen LogP contribution >= 0.6 is 37.9 Å². The first-order valence-corrected chi connectivity index (χ1v) is 7.32. The number of rotatable bonds is 10. The lowest BCUT2D eigenvalue weighted by Gasteiger charge is -2.22. The van der Waals surface area contributed by atoms with Gasteiger partial charge in [0.25, 0.3) is 0 Å². The van der Waals surface area contributed by atoms with E-state index in [0.717, 1.165) is 24.6 Å². The molecule has 0 aromatic carbocycles. The second kappa shape index (κ2) is 11.0. The predicted molar refractivity (Wildman–Crippen MR) is 82.2 cm³/mol. The molecule has 16 heavy (non-hydrogen) atoms. The van der Waals surface area contributed by atoms with Gasteiger partial charge in [-0.05, 0) is 0 Å². The van der Waals surface area contributed by atoms with E-state index in [1.165, 1.54) is 0 Å². The van der Waals surface area contributed by atoms with Crippen molar-refractivity contribution in [3.8, 4) is 0 Å². The quantitative estimate of drug-likeness (QED) is 0.262. The lowest BCUT2D eigenvalue weighted by molar-refractivity contribution is 0.462. The van der Waals surface area contributed by atoms with Crippen LogP contribution in [-0.2, 0) is 0 Å². The van der Waals surface area contributed by atoms with E-state index in [0.29, 0.717) is 18.3 Å². The highest BCUT2D eigenvalue weighted by Crippen LogP contribution is 1.91. The smallest absolute Gasteiger partial charge is 0.0281 e. The van der Waals surface area contributed by atoms with E-state index in [-0.39, 0.29) is 12.1 Å². The Morgan fingerprint density at radius 3 is 1.88 bits per heavy atom. The maximum atomic E-state index is 5.77. The summed E-state index contributed by atoms with van der Waals surface area (Å²) in [6.07, 6.45) is 0. The van der Waals surface area contributed by atoms with Gasteiger partial charge in [-0.25, -0.2) is 0 Å².